The van der Waals surface area contributed by atoms with Gasteiger partial charge in [0.15, 0.2) is 11.6 Å². The molecule has 1 aliphatic heterocycles. The lowest BCUT2D eigenvalue weighted by atomic mass is 10.2. The maximum absolute atomic E-state index is 13.9. The molecule has 1 unspecified atom stereocenters. The maximum Gasteiger partial charge on any atom is 0.246 e. The van der Waals surface area contributed by atoms with Crippen LogP contribution in [0.25, 0.3) is 0 Å². The summed E-state index contributed by atoms with van der Waals surface area (Å²) in [7, 11) is -4.11. The fourth-order valence-electron chi connectivity index (χ4n) is 2.22. The SMILES string of the molecule is CCC1CN(S(=O)(=O)c2cc(CN)cc(F)c2F)CCO1. The fraction of sp³-hybridized carbons (Fsp3) is 0.538. The lowest BCUT2D eigenvalue weighted by molar-refractivity contribution is -0.00284. The van der Waals surface area contributed by atoms with Crippen molar-refractivity contribution in [3.05, 3.63) is 29.3 Å². The van der Waals surface area contributed by atoms with Gasteiger partial charge in [0.1, 0.15) is 4.90 Å². The van der Waals surface area contributed by atoms with Crippen LogP contribution in [0.5, 0.6) is 0 Å². The van der Waals surface area contributed by atoms with Crippen LogP contribution in [0.2, 0.25) is 0 Å². The molecule has 0 radical (unpaired) electrons. The van der Waals surface area contributed by atoms with Crippen molar-refractivity contribution in [2.24, 2.45) is 5.73 Å². The molecule has 1 aromatic carbocycles. The summed E-state index contributed by atoms with van der Waals surface area (Å²) in [5, 5.41) is 0. The minimum absolute atomic E-state index is 0.0690. The first-order chi connectivity index (χ1) is 9.90. The van der Waals surface area contributed by atoms with E-state index in [4.69, 9.17) is 10.5 Å². The Kier molecular flexibility index (Phi) is 4.92. The van der Waals surface area contributed by atoms with E-state index in [0.29, 0.717) is 6.42 Å². The third-order valence-corrected chi connectivity index (χ3v) is 5.33. The van der Waals surface area contributed by atoms with E-state index in [9.17, 15) is 17.2 Å². The molecular formula is C13H18F2N2O3S. The summed E-state index contributed by atoms with van der Waals surface area (Å²) in [6, 6.07) is 1.99. The van der Waals surface area contributed by atoms with Crippen LogP contribution in [-0.2, 0) is 21.3 Å². The van der Waals surface area contributed by atoms with Crippen LogP contribution in [0.4, 0.5) is 8.78 Å². The van der Waals surface area contributed by atoms with Gasteiger partial charge in [0, 0.05) is 19.6 Å². The van der Waals surface area contributed by atoms with Crippen molar-refractivity contribution in [1.29, 1.82) is 0 Å². The third-order valence-electron chi connectivity index (χ3n) is 3.47. The molecule has 0 saturated carbocycles. The van der Waals surface area contributed by atoms with Gasteiger partial charge >= 0.3 is 0 Å². The van der Waals surface area contributed by atoms with E-state index in [-0.39, 0.29) is 37.9 Å². The van der Waals surface area contributed by atoms with E-state index in [0.717, 1.165) is 16.4 Å². The van der Waals surface area contributed by atoms with Gasteiger partial charge in [0.2, 0.25) is 10.0 Å². The summed E-state index contributed by atoms with van der Waals surface area (Å²) in [6.45, 7) is 2.29. The molecule has 0 aromatic heterocycles. The Morgan fingerprint density at radius 2 is 2.14 bits per heavy atom. The average molecular weight is 320 g/mol. The van der Waals surface area contributed by atoms with E-state index in [1.54, 1.807) is 0 Å². The molecule has 0 aliphatic carbocycles. The summed E-state index contributed by atoms with van der Waals surface area (Å²) in [5.41, 5.74) is 5.61. The molecule has 118 valence electrons. The highest BCUT2D eigenvalue weighted by Gasteiger charge is 2.33. The quantitative estimate of drug-likeness (QED) is 0.905. The monoisotopic (exact) mass is 320 g/mol. The molecule has 1 atom stereocenters. The maximum atomic E-state index is 13.9. The van der Waals surface area contributed by atoms with Gasteiger partial charge in [0.25, 0.3) is 0 Å². The topological polar surface area (TPSA) is 72.6 Å². The number of nitrogens with two attached hydrogens (primary N) is 1. The summed E-state index contributed by atoms with van der Waals surface area (Å²) >= 11 is 0. The molecule has 8 heteroatoms. The molecule has 0 amide bonds. The molecule has 5 nitrogen and oxygen atoms in total. The zero-order valence-electron chi connectivity index (χ0n) is 11.7. The predicted octanol–water partition coefficient (Wildman–Crippen LogP) is 1.22. The lowest BCUT2D eigenvalue weighted by Crippen LogP contribution is -2.45. The Balaban J connectivity index is 2.41. The zero-order valence-corrected chi connectivity index (χ0v) is 12.5. The zero-order chi connectivity index (χ0) is 15.6. The Labute approximate surface area is 122 Å². The van der Waals surface area contributed by atoms with Crippen molar-refractivity contribution in [1.82, 2.24) is 4.31 Å². The van der Waals surface area contributed by atoms with Crippen molar-refractivity contribution in [3.8, 4) is 0 Å². The minimum Gasteiger partial charge on any atom is -0.375 e. The number of halogens is 2. The van der Waals surface area contributed by atoms with Gasteiger partial charge in [-0.15, -0.1) is 0 Å². The van der Waals surface area contributed by atoms with Crippen molar-refractivity contribution in [3.63, 3.8) is 0 Å². The minimum atomic E-state index is -4.11. The molecule has 1 heterocycles. The molecule has 2 rings (SSSR count). The van der Waals surface area contributed by atoms with Crippen LogP contribution in [-0.4, -0.2) is 38.5 Å². The molecule has 1 aromatic rings. The van der Waals surface area contributed by atoms with Crippen LogP contribution in [0.15, 0.2) is 17.0 Å². The van der Waals surface area contributed by atoms with Crippen LogP contribution in [0.1, 0.15) is 18.9 Å². The smallest absolute Gasteiger partial charge is 0.246 e. The Hall–Kier alpha value is -1.09. The van der Waals surface area contributed by atoms with Gasteiger partial charge in [-0.2, -0.15) is 4.31 Å². The lowest BCUT2D eigenvalue weighted by Gasteiger charge is -2.31. The van der Waals surface area contributed by atoms with Crippen LogP contribution in [0.3, 0.4) is 0 Å². The first kappa shape index (κ1) is 16.3. The molecule has 1 fully saturated rings. The van der Waals surface area contributed by atoms with Gasteiger partial charge in [0.05, 0.1) is 12.7 Å². The summed E-state index contributed by atoms with van der Waals surface area (Å²) in [5.74, 6) is -2.58. The number of hydrogen-bond acceptors (Lipinski definition) is 4. The molecule has 1 aliphatic rings. The highest BCUT2D eigenvalue weighted by atomic mass is 32.2. The second-order valence-corrected chi connectivity index (χ2v) is 6.76. The van der Waals surface area contributed by atoms with Gasteiger partial charge < -0.3 is 10.5 Å². The first-order valence-corrected chi connectivity index (χ1v) is 8.13. The first-order valence-electron chi connectivity index (χ1n) is 6.69. The largest absolute Gasteiger partial charge is 0.375 e. The number of nitrogens with zero attached hydrogens (tertiary/aromatic N) is 1. The van der Waals surface area contributed by atoms with Gasteiger partial charge in [-0.1, -0.05) is 6.92 Å². The summed E-state index contributed by atoms with van der Waals surface area (Å²) < 4.78 is 59.0. The van der Waals surface area contributed by atoms with E-state index >= 15 is 0 Å². The number of benzene rings is 1. The van der Waals surface area contributed by atoms with Gasteiger partial charge in [-0.25, -0.2) is 17.2 Å². The summed E-state index contributed by atoms with van der Waals surface area (Å²) in [6.07, 6.45) is 0.408. The highest BCUT2D eigenvalue weighted by molar-refractivity contribution is 7.89. The van der Waals surface area contributed by atoms with E-state index in [2.05, 4.69) is 0 Å². The number of rotatable bonds is 4. The van der Waals surface area contributed by atoms with Crippen molar-refractivity contribution < 1.29 is 21.9 Å². The molecule has 0 bridgehead atoms. The average Bonchev–Trinajstić information content (AvgIpc) is 2.49. The van der Waals surface area contributed by atoms with Crippen LogP contribution >= 0.6 is 0 Å². The van der Waals surface area contributed by atoms with E-state index < -0.39 is 26.6 Å². The summed E-state index contributed by atoms with van der Waals surface area (Å²) in [4.78, 5) is -0.667. The van der Waals surface area contributed by atoms with Gasteiger partial charge in [-0.3, -0.25) is 0 Å². The molecular weight excluding hydrogens is 302 g/mol. The Bertz CT molecular complexity index is 622. The van der Waals surface area contributed by atoms with E-state index in [1.165, 1.54) is 0 Å². The molecule has 1 saturated heterocycles. The fourth-order valence-corrected chi connectivity index (χ4v) is 3.80. The number of morpholine rings is 1. The van der Waals surface area contributed by atoms with Crippen molar-refractivity contribution >= 4 is 10.0 Å². The third kappa shape index (κ3) is 3.23. The van der Waals surface area contributed by atoms with Crippen LogP contribution in [0, 0.1) is 11.6 Å². The van der Waals surface area contributed by atoms with Crippen LogP contribution < -0.4 is 5.73 Å². The van der Waals surface area contributed by atoms with E-state index in [1.807, 2.05) is 6.92 Å². The van der Waals surface area contributed by atoms with Crippen molar-refractivity contribution in [2.75, 3.05) is 19.7 Å². The highest BCUT2D eigenvalue weighted by Crippen LogP contribution is 2.25. The number of ether oxygens (including phenoxy) is 1. The Morgan fingerprint density at radius 1 is 1.43 bits per heavy atom. The normalized spacial score (nSPS) is 20.7. The second kappa shape index (κ2) is 6.35. The second-order valence-electron chi connectivity index (χ2n) is 4.86. The number of sulfonamides is 1. The standard InChI is InChI=1S/C13H18F2N2O3S/c1-2-10-8-17(3-4-20-10)21(18,19)12-6-9(7-16)5-11(14)13(12)15/h5-6,10H,2-4,7-8,16H2,1H3. The molecule has 0 spiro atoms. The number of hydrogen-bond donors (Lipinski definition) is 1. The molecule has 2 N–H and O–H groups in total. The van der Waals surface area contributed by atoms with Crippen molar-refractivity contribution in [2.45, 2.75) is 30.9 Å². The molecule has 21 heavy (non-hydrogen) atoms. The van der Waals surface area contributed by atoms with Gasteiger partial charge in [-0.05, 0) is 24.1 Å². The Morgan fingerprint density at radius 3 is 2.76 bits per heavy atom. The predicted molar refractivity (Wildman–Crippen MR) is 73.0 cm³/mol.